The number of fused-ring (bicyclic) bond motifs is 6. The van der Waals surface area contributed by atoms with E-state index in [0.29, 0.717) is 11.3 Å². The van der Waals surface area contributed by atoms with E-state index >= 15 is 0 Å². The number of rotatable bonds is 12. The summed E-state index contributed by atoms with van der Waals surface area (Å²) in [6.07, 6.45) is 0. The van der Waals surface area contributed by atoms with Crippen LogP contribution in [0.5, 0.6) is 0 Å². The number of aromatic nitrogens is 2. The minimum absolute atomic E-state index is 0.612. The smallest absolute Gasteiger partial charge is 0.0991 e. The van der Waals surface area contributed by atoms with Gasteiger partial charge >= 0.3 is 0 Å². The predicted octanol–water partition coefficient (Wildman–Crippen LogP) is 21.3. The SMILES string of the molecule is Cc1cccc(N(c2ccccc2)c2ccc3c(c2)c2ccccc2n3-c2ccc(-c3cc(-c4ccc(-n5c6ccccc6c6cc(N(c7ccccc7)c7ccccc7)ccc65)cc4)c(-c4ccc(N)cc4)cc3-c3ccc(C#N)cc3)cc2)c1. The van der Waals surface area contributed by atoms with Gasteiger partial charge in [0.05, 0.1) is 33.7 Å². The van der Waals surface area contributed by atoms with E-state index in [9.17, 15) is 5.26 Å². The highest BCUT2D eigenvalue weighted by Crippen LogP contribution is 2.46. The van der Waals surface area contributed by atoms with Crippen LogP contribution < -0.4 is 15.5 Å². The lowest BCUT2D eigenvalue weighted by Crippen LogP contribution is -2.09. The van der Waals surface area contributed by atoms with Gasteiger partial charge in [0.1, 0.15) is 0 Å². The van der Waals surface area contributed by atoms with Crippen molar-refractivity contribution in [2.45, 2.75) is 6.92 Å². The largest absolute Gasteiger partial charge is 0.399 e. The number of nitrogens with two attached hydrogens (primary N) is 1. The van der Waals surface area contributed by atoms with Crippen molar-refractivity contribution in [2.75, 3.05) is 15.5 Å². The second-order valence-corrected chi connectivity index (χ2v) is 22.0. The number of hydrogen-bond acceptors (Lipinski definition) is 4. The van der Waals surface area contributed by atoms with Gasteiger partial charge in [-0.1, -0.05) is 152 Å². The number of nitrogens with zero attached hydrogens (tertiary/aromatic N) is 5. The summed E-state index contributed by atoms with van der Waals surface area (Å²) in [6, 6.07) is 113. The Hall–Kier alpha value is -11.7. The number of para-hydroxylation sites is 5. The van der Waals surface area contributed by atoms with Crippen molar-refractivity contribution in [3.8, 4) is 62.0 Å². The molecular weight excluding hydrogens is 1040 g/mol. The molecule has 2 heterocycles. The molecule has 406 valence electrons. The molecule has 15 aromatic rings. The van der Waals surface area contributed by atoms with E-state index in [1.807, 2.05) is 24.3 Å². The van der Waals surface area contributed by atoms with Gasteiger partial charge in [0.2, 0.25) is 0 Å². The average molecular weight is 1100 g/mol. The first kappa shape index (κ1) is 51.2. The molecule has 15 rings (SSSR count). The van der Waals surface area contributed by atoms with E-state index < -0.39 is 0 Å². The van der Waals surface area contributed by atoms with Crippen molar-refractivity contribution in [3.63, 3.8) is 0 Å². The van der Waals surface area contributed by atoms with Gasteiger partial charge in [0.15, 0.2) is 0 Å². The van der Waals surface area contributed by atoms with Gasteiger partial charge in [-0.3, -0.25) is 0 Å². The Morgan fingerprint density at radius 2 is 0.651 bits per heavy atom. The zero-order valence-electron chi connectivity index (χ0n) is 47.3. The summed E-state index contributed by atoms with van der Waals surface area (Å²) >= 11 is 0. The maximum absolute atomic E-state index is 9.91. The fraction of sp³-hybridized carbons (Fsp3) is 0.0125. The van der Waals surface area contributed by atoms with E-state index in [1.165, 1.54) is 27.1 Å². The molecule has 2 N–H and O–H groups in total. The first-order chi connectivity index (χ1) is 42.4. The van der Waals surface area contributed by atoms with E-state index in [1.54, 1.807) is 0 Å². The highest BCUT2D eigenvalue weighted by molar-refractivity contribution is 6.12. The Balaban J connectivity index is 0.854. The van der Waals surface area contributed by atoms with Crippen molar-refractivity contribution in [2.24, 2.45) is 0 Å². The molecule has 0 unspecified atom stereocenters. The van der Waals surface area contributed by atoms with Gasteiger partial charge in [-0.25, -0.2) is 0 Å². The third kappa shape index (κ3) is 9.18. The molecule has 0 spiro atoms. The van der Waals surface area contributed by atoms with Crippen LogP contribution in [-0.4, -0.2) is 9.13 Å². The molecule has 0 amide bonds. The molecule has 0 radical (unpaired) electrons. The minimum atomic E-state index is 0.612. The minimum Gasteiger partial charge on any atom is -0.399 e. The number of hydrogen-bond donors (Lipinski definition) is 1. The Morgan fingerprint density at radius 1 is 0.302 bits per heavy atom. The van der Waals surface area contributed by atoms with Crippen LogP contribution in [-0.2, 0) is 0 Å². The van der Waals surface area contributed by atoms with Gasteiger partial charge in [0, 0.05) is 72.7 Å². The zero-order valence-corrected chi connectivity index (χ0v) is 47.3. The highest BCUT2D eigenvalue weighted by Gasteiger charge is 2.22. The summed E-state index contributed by atoms with van der Waals surface area (Å²) in [5, 5.41) is 14.6. The lowest BCUT2D eigenvalue weighted by Gasteiger charge is -2.26. The number of benzene rings is 13. The molecule has 0 atom stereocenters. The van der Waals surface area contributed by atoms with Crippen molar-refractivity contribution in [1.82, 2.24) is 9.13 Å². The second kappa shape index (κ2) is 21.6. The average Bonchev–Trinajstić information content (AvgIpc) is 1.70. The molecule has 2 aromatic heterocycles. The first-order valence-corrected chi connectivity index (χ1v) is 29.1. The number of aryl methyl sites for hydroxylation is 1. The van der Waals surface area contributed by atoms with Gasteiger partial charge < -0.3 is 24.7 Å². The fourth-order valence-corrected chi connectivity index (χ4v) is 12.7. The summed E-state index contributed by atoms with van der Waals surface area (Å²) < 4.78 is 4.77. The van der Waals surface area contributed by atoms with Crippen LogP contribution in [0.1, 0.15) is 11.1 Å². The maximum Gasteiger partial charge on any atom is 0.0991 e. The maximum atomic E-state index is 9.91. The molecule has 0 fully saturated rings. The standard InChI is InChI=1S/C80H56N6/c1-54-16-15-23-66(48-54)84(63-21-9-4-10-22-63)68-45-47-80-76(50-68)70-25-12-14-27-78(70)86(80)65-40-34-58(35-41-65)73-52-74(72(57-32-38-60(82)39-33-57)51-71(73)56-30-28-55(53-81)29-31-56)59-36-42-64(43-37-59)85-77-26-13-11-24-69(77)75-49-67(44-46-79(75)85)83(61-17-5-2-6-18-61)62-19-7-3-8-20-62/h2-52H,82H2,1H3. The summed E-state index contributed by atoms with van der Waals surface area (Å²) in [5.41, 5.74) is 30.6. The van der Waals surface area contributed by atoms with Crippen LogP contribution in [0.4, 0.5) is 39.8 Å². The first-order valence-electron chi connectivity index (χ1n) is 29.1. The molecular formula is C80H56N6. The summed E-state index contributed by atoms with van der Waals surface area (Å²) in [6.45, 7) is 2.14. The third-order valence-electron chi connectivity index (χ3n) is 16.7. The Labute approximate surface area is 500 Å². The van der Waals surface area contributed by atoms with Crippen LogP contribution in [0.15, 0.2) is 309 Å². The zero-order chi connectivity index (χ0) is 57.7. The lowest BCUT2D eigenvalue weighted by molar-refractivity contribution is 1.18. The van der Waals surface area contributed by atoms with Crippen LogP contribution >= 0.6 is 0 Å². The number of nitriles is 1. The summed E-state index contributed by atoms with van der Waals surface area (Å²) in [5.74, 6) is 0. The normalized spacial score (nSPS) is 11.3. The topological polar surface area (TPSA) is 66.2 Å². The lowest BCUT2D eigenvalue weighted by atomic mass is 9.85. The van der Waals surface area contributed by atoms with Gasteiger partial charge in [-0.15, -0.1) is 0 Å². The molecule has 86 heavy (non-hydrogen) atoms. The van der Waals surface area contributed by atoms with Crippen LogP contribution in [0.3, 0.4) is 0 Å². The van der Waals surface area contributed by atoms with Crippen LogP contribution in [0, 0.1) is 18.3 Å². The van der Waals surface area contributed by atoms with Crippen molar-refractivity contribution in [3.05, 3.63) is 321 Å². The van der Waals surface area contributed by atoms with Crippen molar-refractivity contribution < 1.29 is 0 Å². The quantitative estimate of drug-likeness (QED) is 0.124. The van der Waals surface area contributed by atoms with Gasteiger partial charge in [0.25, 0.3) is 0 Å². The van der Waals surface area contributed by atoms with Crippen molar-refractivity contribution >= 4 is 83.4 Å². The second-order valence-electron chi connectivity index (χ2n) is 22.0. The molecule has 0 saturated carbocycles. The molecule has 0 aliphatic heterocycles. The Kier molecular flexibility index (Phi) is 12.9. The Bertz CT molecular complexity index is 5000. The van der Waals surface area contributed by atoms with Crippen LogP contribution in [0.25, 0.3) is 99.5 Å². The molecule has 13 aromatic carbocycles. The summed E-state index contributed by atoms with van der Waals surface area (Å²) in [4.78, 5) is 4.66. The predicted molar refractivity (Wildman–Crippen MR) is 360 cm³/mol. The van der Waals surface area contributed by atoms with E-state index in [0.717, 1.165) is 112 Å². The van der Waals surface area contributed by atoms with Crippen molar-refractivity contribution in [1.29, 1.82) is 5.26 Å². The molecule has 6 heteroatoms. The molecule has 6 nitrogen and oxygen atoms in total. The van der Waals surface area contributed by atoms with Crippen LogP contribution in [0.2, 0.25) is 0 Å². The third-order valence-corrected chi connectivity index (χ3v) is 16.7. The number of anilines is 7. The molecule has 0 aliphatic carbocycles. The molecule has 0 saturated heterocycles. The van der Waals surface area contributed by atoms with E-state index in [-0.39, 0.29) is 0 Å². The van der Waals surface area contributed by atoms with E-state index in [2.05, 4.69) is 317 Å². The fourth-order valence-electron chi connectivity index (χ4n) is 12.7. The molecule has 0 bridgehead atoms. The van der Waals surface area contributed by atoms with Gasteiger partial charge in [-0.2, -0.15) is 5.26 Å². The monoisotopic (exact) mass is 1100 g/mol. The van der Waals surface area contributed by atoms with Gasteiger partial charge in [-0.05, 0) is 215 Å². The Morgan fingerprint density at radius 3 is 1.07 bits per heavy atom. The highest BCUT2D eigenvalue weighted by atomic mass is 15.1. The molecule has 0 aliphatic rings. The summed E-state index contributed by atoms with van der Waals surface area (Å²) in [7, 11) is 0. The number of nitrogen functional groups attached to an aromatic ring is 1. The van der Waals surface area contributed by atoms with E-state index in [4.69, 9.17) is 5.73 Å².